The fraction of sp³-hybridized carbons (Fsp3) is 0.333. The van der Waals surface area contributed by atoms with Crippen molar-refractivity contribution in [1.82, 2.24) is 4.72 Å². The maximum absolute atomic E-state index is 11.9. The molecule has 0 aliphatic rings. The monoisotopic (exact) mass is 268 g/mol. The van der Waals surface area contributed by atoms with E-state index in [1.54, 1.807) is 30.3 Å². The van der Waals surface area contributed by atoms with Crippen molar-refractivity contribution < 1.29 is 21.6 Å². The van der Waals surface area contributed by atoms with Crippen LogP contribution in [0.5, 0.6) is 0 Å². The summed E-state index contributed by atoms with van der Waals surface area (Å²) in [6.45, 7) is -0.268. The van der Waals surface area contributed by atoms with Gasteiger partial charge in [-0.1, -0.05) is 18.2 Å². The molecule has 0 heterocycles. The Morgan fingerprint density at radius 3 is 2.18 bits per heavy atom. The van der Waals surface area contributed by atoms with E-state index >= 15 is 0 Å². The van der Waals surface area contributed by atoms with E-state index in [-0.39, 0.29) is 13.1 Å². The van der Waals surface area contributed by atoms with Crippen LogP contribution in [0.3, 0.4) is 0 Å². The van der Waals surface area contributed by atoms with Gasteiger partial charge in [0.25, 0.3) is 0 Å². The Kier molecular flexibility index (Phi) is 4.35. The number of benzene rings is 1. The van der Waals surface area contributed by atoms with E-state index in [0.717, 1.165) is 0 Å². The Bertz CT molecular complexity index is 445. The normalized spacial score (nSPS) is 12.4. The van der Waals surface area contributed by atoms with Crippen molar-refractivity contribution >= 4 is 15.7 Å². The molecule has 0 spiro atoms. The van der Waals surface area contributed by atoms with Crippen LogP contribution in [0.25, 0.3) is 0 Å². The Morgan fingerprint density at radius 1 is 1.06 bits per heavy atom. The minimum atomic E-state index is -5.26. The van der Waals surface area contributed by atoms with Crippen LogP contribution in [-0.4, -0.2) is 27.0 Å². The molecular weight excluding hydrogens is 257 g/mol. The van der Waals surface area contributed by atoms with Gasteiger partial charge in [0.15, 0.2) is 0 Å². The number of hydrogen-bond acceptors (Lipinski definition) is 3. The zero-order valence-corrected chi connectivity index (χ0v) is 9.48. The lowest BCUT2D eigenvalue weighted by atomic mass is 10.3. The van der Waals surface area contributed by atoms with Gasteiger partial charge in [0.1, 0.15) is 0 Å². The fourth-order valence-electron chi connectivity index (χ4n) is 1.03. The summed E-state index contributed by atoms with van der Waals surface area (Å²) in [7, 11) is -5.24. The quantitative estimate of drug-likeness (QED) is 0.796. The van der Waals surface area contributed by atoms with Crippen molar-refractivity contribution in [3.05, 3.63) is 30.3 Å². The molecule has 17 heavy (non-hydrogen) atoms. The number of halogens is 3. The average molecular weight is 268 g/mol. The third kappa shape index (κ3) is 4.23. The molecule has 1 aromatic carbocycles. The van der Waals surface area contributed by atoms with E-state index in [1.165, 1.54) is 4.72 Å². The van der Waals surface area contributed by atoms with Crippen LogP contribution in [0.15, 0.2) is 30.3 Å². The van der Waals surface area contributed by atoms with Gasteiger partial charge in [-0.2, -0.15) is 13.2 Å². The van der Waals surface area contributed by atoms with Gasteiger partial charge in [0.05, 0.1) is 0 Å². The van der Waals surface area contributed by atoms with Gasteiger partial charge in [-0.25, -0.2) is 13.1 Å². The summed E-state index contributed by atoms with van der Waals surface area (Å²) in [4.78, 5) is 0. The van der Waals surface area contributed by atoms with Crippen LogP contribution in [0.4, 0.5) is 18.9 Å². The van der Waals surface area contributed by atoms with E-state index in [0.29, 0.717) is 5.69 Å². The van der Waals surface area contributed by atoms with Crippen molar-refractivity contribution in [2.45, 2.75) is 5.51 Å². The van der Waals surface area contributed by atoms with Crippen LogP contribution >= 0.6 is 0 Å². The molecule has 0 bridgehead atoms. The predicted octanol–water partition coefficient (Wildman–Crippen LogP) is 1.54. The molecule has 8 heteroatoms. The van der Waals surface area contributed by atoms with Crippen molar-refractivity contribution in [2.75, 3.05) is 18.4 Å². The predicted molar refractivity (Wildman–Crippen MR) is 57.9 cm³/mol. The van der Waals surface area contributed by atoms with Gasteiger partial charge < -0.3 is 5.32 Å². The van der Waals surface area contributed by atoms with Gasteiger partial charge in [-0.05, 0) is 12.1 Å². The van der Waals surface area contributed by atoms with E-state index in [1.807, 2.05) is 0 Å². The molecule has 0 amide bonds. The lowest BCUT2D eigenvalue weighted by molar-refractivity contribution is -0.0447. The first-order valence-electron chi connectivity index (χ1n) is 4.68. The zero-order chi connectivity index (χ0) is 12.9. The zero-order valence-electron chi connectivity index (χ0n) is 8.66. The van der Waals surface area contributed by atoms with Crippen molar-refractivity contribution in [1.29, 1.82) is 0 Å². The van der Waals surface area contributed by atoms with Gasteiger partial charge in [-0.3, -0.25) is 0 Å². The fourth-order valence-corrected chi connectivity index (χ4v) is 1.56. The molecule has 2 N–H and O–H groups in total. The van der Waals surface area contributed by atoms with Gasteiger partial charge in [-0.15, -0.1) is 0 Å². The van der Waals surface area contributed by atoms with Gasteiger partial charge >= 0.3 is 15.5 Å². The summed E-state index contributed by atoms with van der Waals surface area (Å²) in [6.07, 6.45) is 0. The standard InChI is InChI=1S/C9H11F3N2O2S/c10-9(11,12)17(15,16)14-7-6-13-8-4-2-1-3-5-8/h1-5,13-14H,6-7H2. The van der Waals surface area contributed by atoms with Crippen molar-refractivity contribution in [3.8, 4) is 0 Å². The van der Waals surface area contributed by atoms with Crippen molar-refractivity contribution in [3.63, 3.8) is 0 Å². The molecule has 0 saturated heterocycles. The number of alkyl halides is 3. The Balaban J connectivity index is 2.35. The minimum Gasteiger partial charge on any atom is -0.384 e. The molecule has 0 aromatic heterocycles. The SMILES string of the molecule is O=S(=O)(NCCNc1ccccc1)C(F)(F)F. The molecule has 0 aliphatic heterocycles. The maximum atomic E-state index is 11.9. The Morgan fingerprint density at radius 2 is 1.65 bits per heavy atom. The molecule has 0 aliphatic carbocycles. The van der Waals surface area contributed by atoms with Crippen LogP contribution in [0, 0.1) is 0 Å². The Labute approximate surface area is 96.9 Å². The van der Waals surface area contributed by atoms with E-state index in [2.05, 4.69) is 5.32 Å². The number of sulfonamides is 1. The van der Waals surface area contributed by atoms with Crippen LogP contribution < -0.4 is 10.0 Å². The number of rotatable bonds is 5. The number of anilines is 1. The lowest BCUT2D eigenvalue weighted by Crippen LogP contribution is -2.38. The summed E-state index contributed by atoms with van der Waals surface area (Å²) in [5.74, 6) is 0. The number of nitrogens with one attached hydrogen (secondary N) is 2. The smallest absolute Gasteiger partial charge is 0.384 e. The molecule has 0 radical (unpaired) electrons. The minimum absolute atomic E-state index is 0.0688. The molecular formula is C9H11F3N2O2S. The number of para-hydroxylation sites is 1. The second-order valence-corrected chi connectivity index (χ2v) is 4.89. The highest BCUT2D eigenvalue weighted by molar-refractivity contribution is 7.90. The highest BCUT2D eigenvalue weighted by Gasteiger charge is 2.45. The van der Waals surface area contributed by atoms with Gasteiger partial charge in [0.2, 0.25) is 0 Å². The molecule has 0 unspecified atom stereocenters. The first kappa shape index (κ1) is 13.8. The van der Waals surface area contributed by atoms with Crippen LogP contribution in [0.2, 0.25) is 0 Å². The summed E-state index contributed by atoms with van der Waals surface area (Å²) in [5, 5.41) is 2.77. The third-order valence-corrected chi connectivity index (χ3v) is 3.02. The third-order valence-electron chi connectivity index (χ3n) is 1.82. The second kappa shape index (κ2) is 5.37. The largest absolute Gasteiger partial charge is 0.511 e. The molecule has 0 saturated carbocycles. The van der Waals surface area contributed by atoms with Crippen molar-refractivity contribution in [2.24, 2.45) is 0 Å². The highest BCUT2D eigenvalue weighted by atomic mass is 32.2. The summed E-state index contributed by atoms with van der Waals surface area (Å²) in [5.41, 5.74) is -4.56. The molecule has 4 nitrogen and oxygen atoms in total. The first-order valence-corrected chi connectivity index (χ1v) is 6.16. The lowest BCUT2D eigenvalue weighted by Gasteiger charge is -2.10. The topological polar surface area (TPSA) is 58.2 Å². The summed E-state index contributed by atoms with van der Waals surface area (Å²) >= 11 is 0. The molecule has 0 fully saturated rings. The van der Waals surface area contributed by atoms with E-state index in [9.17, 15) is 21.6 Å². The van der Waals surface area contributed by atoms with Gasteiger partial charge in [0, 0.05) is 18.8 Å². The number of hydrogen-bond donors (Lipinski definition) is 2. The molecule has 0 atom stereocenters. The molecule has 96 valence electrons. The second-order valence-electron chi connectivity index (χ2n) is 3.14. The maximum Gasteiger partial charge on any atom is 0.511 e. The van der Waals surface area contributed by atoms with Crippen LogP contribution in [0.1, 0.15) is 0 Å². The van der Waals surface area contributed by atoms with Crippen LogP contribution in [-0.2, 0) is 10.0 Å². The van der Waals surface area contributed by atoms with E-state index < -0.39 is 15.5 Å². The molecule has 1 rings (SSSR count). The Hall–Kier alpha value is -1.28. The highest BCUT2D eigenvalue weighted by Crippen LogP contribution is 2.21. The summed E-state index contributed by atoms with van der Waals surface area (Å²) < 4.78 is 58.4. The summed E-state index contributed by atoms with van der Waals surface area (Å²) in [6, 6.07) is 8.73. The molecule has 1 aromatic rings. The average Bonchev–Trinajstić information content (AvgIpc) is 2.24. The van der Waals surface area contributed by atoms with E-state index in [4.69, 9.17) is 0 Å². The first-order chi connectivity index (χ1) is 7.83.